The summed E-state index contributed by atoms with van der Waals surface area (Å²) in [6, 6.07) is 3.30. The molecule has 0 aliphatic rings. The van der Waals surface area contributed by atoms with Crippen molar-refractivity contribution < 1.29 is 20.4 Å². The number of thiophene rings is 1. The minimum Gasteiger partial charge on any atom is -0.394 e. The first-order valence-electron chi connectivity index (χ1n) is 3.85. The van der Waals surface area contributed by atoms with Crippen LogP contribution in [-0.4, -0.2) is 33.1 Å². The van der Waals surface area contributed by atoms with Gasteiger partial charge in [0.2, 0.25) is 0 Å². The number of rotatable bonds is 4. The Labute approximate surface area is 79.7 Å². The molecular weight excluding hydrogens is 192 g/mol. The van der Waals surface area contributed by atoms with E-state index in [0.717, 1.165) is 4.88 Å². The Bertz CT molecular complexity index is 260. The van der Waals surface area contributed by atoms with E-state index in [2.05, 4.69) is 0 Å². The van der Waals surface area contributed by atoms with E-state index >= 15 is 0 Å². The van der Waals surface area contributed by atoms with E-state index in [1.807, 2.05) is 0 Å². The van der Waals surface area contributed by atoms with Gasteiger partial charge in [-0.1, -0.05) is 0 Å². The molecule has 2 unspecified atom stereocenters. The second-order valence-electron chi connectivity index (χ2n) is 2.66. The number of hydrogen-bond donors (Lipinski definition) is 4. The van der Waals surface area contributed by atoms with Crippen LogP contribution in [0, 0.1) is 0 Å². The molecule has 4 N–H and O–H groups in total. The number of aliphatic hydroxyl groups is 4. The highest BCUT2D eigenvalue weighted by Gasteiger charge is 2.18. The van der Waals surface area contributed by atoms with Gasteiger partial charge in [-0.05, 0) is 12.1 Å². The molecule has 1 aromatic heterocycles. The van der Waals surface area contributed by atoms with Crippen molar-refractivity contribution in [2.45, 2.75) is 18.8 Å². The molecule has 0 bridgehead atoms. The zero-order chi connectivity index (χ0) is 9.84. The van der Waals surface area contributed by atoms with Crippen LogP contribution in [0.15, 0.2) is 12.1 Å². The second-order valence-corrected chi connectivity index (χ2v) is 3.86. The molecule has 0 spiro atoms. The Morgan fingerprint density at radius 1 is 1.23 bits per heavy atom. The summed E-state index contributed by atoms with van der Waals surface area (Å²) in [6.45, 7) is -0.555. The predicted molar refractivity (Wildman–Crippen MR) is 48.3 cm³/mol. The van der Waals surface area contributed by atoms with Crippen molar-refractivity contribution in [2.24, 2.45) is 0 Å². The highest BCUT2D eigenvalue weighted by molar-refractivity contribution is 7.12. The van der Waals surface area contributed by atoms with Crippen molar-refractivity contribution in [1.82, 2.24) is 0 Å². The first-order chi connectivity index (χ1) is 6.19. The van der Waals surface area contributed by atoms with Crippen LogP contribution in [0.5, 0.6) is 0 Å². The van der Waals surface area contributed by atoms with Gasteiger partial charge >= 0.3 is 0 Å². The van der Waals surface area contributed by atoms with Crippen molar-refractivity contribution in [2.75, 3.05) is 6.61 Å². The maximum atomic E-state index is 9.42. The Hall–Kier alpha value is -0.460. The van der Waals surface area contributed by atoms with Crippen molar-refractivity contribution in [3.05, 3.63) is 21.9 Å². The molecule has 4 nitrogen and oxygen atoms in total. The van der Waals surface area contributed by atoms with Crippen LogP contribution in [0.4, 0.5) is 0 Å². The lowest BCUT2D eigenvalue weighted by atomic mass is 10.2. The van der Waals surface area contributed by atoms with Gasteiger partial charge in [0.1, 0.15) is 12.2 Å². The van der Waals surface area contributed by atoms with E-state index in [1.165, 1.54) is 11.3 Å². The molecule has 13 heavy (non-hydrogen) atoms. The van der Waals surface area contributed by atoms with Gasteiger partial charge in [0.25, 0.3) is 0 Å². The van der Waals surface area contributed by atoms with Crippen LogP contribution < -0.4 is 0 Å². The average molecular weight is 204 g/mol. The standard InChI is InChI=1S/C8H12O4S/c9-3-5-1-2-7(13-5)8(12)6(11)4-10/h1-2,6,8-12H,3-4H2. The lowest BCUT2D eigenvalue weighted by Crippen LogP contribution is -2.21. The van der Waals surface area contributed by atoms with E-state index in [1.54, 1.807) is 12.1 Å². The summed E-state index contributed by atoms with van der Waals surface area (Å²) >= 11 is 1.21. The fourth-order valence-corrected chi connectivity index (χ4v) is 1.85. The molecule has 0 aliphatic carbocycles. The molecular formula is C8H12O4S. The Morgan fingerprint density at radius 2 is 1.92 bits per heavy atom. The molecule has 0 amide bonds. The Balaban J connectivity index is 2.70. The summed E-state index contributed by atoms with van der Waals surface area (Å²) in [6.07, 6.45) is -2.24. The lowest BCUT2D eigenvalue weighted by Gasteiger charge is -2.13. The first-order valence-corrected chi connectivity index (χ1v) is 4.67. The summed E-state index contributed by atoms with van der Waals surface area (Å²) in [4.78, 5) is 1.27. The van der Waals surface area contributed by atoms with E-state index in [0.29, 0.717) is 4.88 Å². The number of aliphatic hydroxyl groups excluding tert-OH is 4. The molecule has 74 valence electrons. The van der Waals surface area contributed by atoms with E-state index in [9.17, 15) is 5.11 Å². The van der Waals surface area contributed by atoms with Crippen LogP contribution in [0.3, 0.4) is 0 Å². The van der Waals surface area contributed by atoms with Crippen LogP contribution in [0.1, 0.15) is 15.9 Å². The quantitative estimate of drug-likeness (QED) is 0.539. The fourth-order valence-electron chi connectivity index (χ4n) is 0.928. The molecule has 0 saturated heterocycles. The summed E-state index contributed by atoms with van der Waals surface area (Å²) in [5.41, 5.74) is 0. The zero-order valence-electron chi connectivity index (χ0n) is 6.92. The molecule has 1 heterocycles. The van der Waals surface area contributed by atoms with Crippen molar-refractivity contribution >= 4 is 11.3 Å². The molecule has 0 saturated carbocycles. The van der Waals surface area contributed by atoms with Gasteiger partial charge in [-0.15, -0.1) is 11.3 Å². The van der Waals surface area contributed by atoms with Crippen LogP contribution in [-0.2, 0) is 6.61 Å². The second kappa shape index (κ2) is 4.69. The normalized spacial score (nSPS) is 15.7. The Morgan fingerprint density at radius 3 is 2.38 bits per heavy atom. The average Bonchev–Trinajstić information content (AvgIpc) is 2.63. The number of hydrogen-bond acceptors (Lipinski definition) is 5. The maximum absolute atomic E-state index is 9.42. The fraction of sp³-hybridized carbons (Fsp3) is 0.500. The molecule has 0 radical (unpaired) electrons. The van der Waals surface area contributed by atoms with Crippen LogP contribution in [0.25, 0.3) is 0 Å². The topological polar surface area (TPSA) is 80.9 Å². The highest BCUT2D eigenvalue weighted by Crippen LogP contribution is 2.25. The third-order valence-corrected chi connectivity index (χ3v) is 2.82. The third kappa shape index (κ3) is 2.49. The van der Waals surface area contributed by atoms with Crippen molar-refractivity contribution in [3.63, 3.8) is 0 Å². The van der Waals surface area contributed by atoms with E-state index in [-0.39, 0.29) is 6.61 Å². The minimum atomic E-state index is -1.16. The Kier molecular flexibility index (Phi) is 3.83. The van der Waals surface area contributed by atoms with Gasteiger partial charge in [0.15, 0.2) is 0 Å². The monoisotopic (exact) mass is 204 g/mol. The van der Waals surface area contributed by atoms with Crippen molar-refractivity contribution in [1.29, 1.82) is 0 Å². The molecule has 0 aromatic carbocycles. The molecule has 0 aliphatic heterocycles. The molecule has 0 fully saturated rings. The summed E-state index contributed by atoms with van der Waals surface area (Å²) < 4.78 is 0. The minimum absolute atomic E-state index is 0.0768. The predicted octanol–water partition coefficient (Wildman–Crippen LogP) is -0.373. The van der Waals surface area contributed by atoms with Gasteiger partial charge in [-0.3, -0.25) is 0 Å². The smallest absolute Gasteiger partial charge is 0.116 e. The van der Waals surface area contributed by atoms with Crippen LogP contribution >= 0.6 is 11.3 Å². The first kappa shape index (κ1) is 10.6. The lowest BCUT2D eigenvalue weighted by molar-refractivity contribution is -0.0135. The molecule has 1 aromatic rings. The van der Waals surface area contributed by atoms with Gasteiger partial charge in [0.05, 0.1) is 13.2 Å². The van der Waals surface area contributed by atoms with Crippen molar-refractivity contribution in [3.8, 4) is 0 Å². The van der Waals surface area contributed by atoms with Crippen LogP contribution in [0.2, 0.25) is 0 Å². The van der Waals surface area contributed by atoms with Gasteiger partial charge in [0, 0.05) is 9.75 Å². The molecule has 1 rings (SSSR count). The SMILES string of the molecule is OCc1ccc(C(O)C(O)CO)s1. The maximum Gasteiger partial charge on any atom is 0.116 e. The molecule has 2 atom stereocenters. The van der Waals surface area contributed by atoms with E-state index < -0.39 is 18.8 Å². The van der Waals surface area contributed by atoms with Gasteiger partial charge in [-0.2, -0.15) is 0 Å². The summed E-state index contributed by atoms with van der Waals surface area (Å²) in [7, 11) is 0. The summed E-state index contributed by atoms with van der Waals surface area (Å²) in [5, 5.41) is 35.8. The molecule has 5 heteroatoms. The highest BCUT2D eigenvalue weighted by atomic mass is 32.1. The van der Waals surface area contributed by atoms with E-state index in [4.69, 9.17) is 15.3 Å². The van der Waals surface area contributed by atoms with Gasteiger partial charge in [-0.25, -0.2) is 0 Å². The van der Waals surface area contributed by atoms with Gasteiger partial charge < -0.3 is 20.4 Å². The third-order valence-electron chi connectivity index (χ3n) is 1.68. The zero-order valence-corrected chi connectivity index (χ0v) is 7.74. The largest absolute Gasteiger partial charge is 0.394 e. The summed E-state index contributed by atoms with van der Waals surface area (Å²) in [5.74, 6) is 0.